The predicted molar refractivity (Wildman–Crippen MR) is 121 cm³/mol. The summed E-state index contributed by atoms with van der Waals surface area (Å²) in [5.74, 6) is 1.17. The summed E-state index contributed by atoms with van der Waals surface area (Å²) in [7, 11) is 3.17. The topological polar surface area (TPSA) is 68.3 Å². The van der Waals surface area contributed by atoms with Gasteiger partial charge in [0.05, 0.1) is 25.6 Å². The zero-order valence-electron chi connectivity index (χ0n) is 18.5. The Morgan fingerprint density at radius 1 is 0.871 bits per heavy atom. The number of methoxy groups -OCH3 is 2. The summed E-state index contributed by atoms with van der Waals surface area (Å²) in [5, 5.41) is 0. The molecule has 0 saturated heterocycles. The van der Waals surface area contributed by atoms with Crippen molar-refractivity contribution in [1.82, 2.24) is 0 Å². The van der Waals surface area contributed by atoms with Gasteiger partial charge < -0.3 is 19.1 Å². The first-order valence-corrected chi connectivity index (χ1v) is 10.0. The number of anilines is 2. The van der Waals surface area contributed by atoms with Crippen LogP contribution in [0.5, 0.6) is 11.5 Å². The molecule has 0 spiro atoms. The van der Waals surface area contributed by atoms with Gasteiger partial charge in [-0.25, -0.2) is 4.79 Å². The van der Waals surface area contributed by atoms with E-state index in [4.69, 9.17) is 14.2 Å². The number of amides is 2. The van der Waals surface area contributed by atoms with E-state index in [1.807, 2.05) is 45.0 Å². The summed E-state index contributed by atoms with van der Waals surface area (Å²) in [4.78, 5) is 28.9. The molecule has 0 aliphatic carbocycles. The molecule has 0 radical (unpaired) electrons. The van der Waals surface area contributed by atoms with Gasteiger partial charge >= 0.3 is 6.09 Å². The second-order valence-electron chi connectivity index (χ2n) is 8.08. The number of benzene rings is 2. The lowest BCUT2D eigenvalue weighted by molar-refractivity contribution is -0.114. The second-order valence-corrected chi connectivity index (χ2v) is 8.08. The fraction of sp³-hybridized carbons (Fsp3) is 0.333. The summed E-state index contributed by atoms with van der Waals surface area (Å²) in [6, 6.07) is 12.7. The zero-order chi connectivity index (χ0) is 22.6. The summed E-state index contributed by atoms with van der Waals surface area (Å²) in [5.41, 5.74) is 1.47. The Morgan fingerprint density at radius 2 is 1.48 bits per heavy atom. The van der Waals surface area contributed by atoms with Gasteiger partial charge in [0.25, 0.3) is 5.91 Å². The van der Waals surface area contributed by atoms with Gasteiger partial charge in [-0.3, -0.25) is 9.69 Å². The molecule has 2 amide bonds. The van der Waals surface area contributed by atoms with Gasteiger partial charge in [0.1, 0.15) is 17.1 Å². The van der Waals surface area contributed by atoms with Gasteiger partial charge in [-0.15, -0.1) is 0 Å². The van der Waals surface area contributed by atoms with E-state index in [1.165, 1.54) is 6.08 Å². The van der Waals surface area contributed by atoms with Gasteiger partial charge in [-0.05, 0) is 56.7 Å². The monoisotopic (exact) mass is 424 g/mol. The van der Waals surface area contributed by atoms with Crippen LogP contribution in [0.15, 0.2) is 48.5 Å². The van der Waals surface area contributed by atoms with Crippen LogP contribution in [0.4, 0.5) is 16.2 Å². The number of fused-ring (bicyclic) bond motifs is 1. The maximum absolute atomic E-state index is 13.0. The van der Waals surface area contributed by atoms with Gasteiger partial charge in [0.2, 0.25) is 0 Å². The summed E-state index contributed by atoms with van der Waals surface area (Å²) >= 11 is 0. The minimum atomic E-state index is -0.613. The fourth-order valence-corrected chi connectivity index (χ4v) is 3.22. The second kappa shape index (κ2) is 9.12. The van der Waals surface area contributed by atoms with E-state index in [0.29, 0.717) is 30.2 Å². The van der Waals surface area contributed by atoms with Crippen LogP contribution in [-0.2, 0) is 9.53 Å². The molecule has 7 nitrogen and oxygen atoms in total. The van der Waals surface area contributed by atoms with Crippen LogP contribution in [0, 0.1) is 0 Å². The van der Waals surface area contributed by atoms with Crippen LogP contribution in [0.1, 0.15) is 26.3 Å². The SMILES string of the molecule is COc1ccc(C=CC(=O)N2CCN(C(=O)OC(C)(C)C)c3ccc(OC)cc32)cc1. The lowest BCUT2D eigenvalue weighted by atomic mass is 10.1. The quantitative estimate of drug-likeness (QED) is 0.676. The molecule has 0 fully saturated rings. The van der Waals surface area contributed by atoms with Gasteiger partial charge in [0.15, 0.2) is 0 Å². The van der Waals surface area contributed by atoms with Crippen molar-refractivity contribution in [3.8, 4) is 11.5 Å². The predicted octanol–water partition coefficient (Wildman–Crippen LogP) is 4.51. The molecule has 0 saturated carbocycles. The molecule has 0 unspecified atom stereocenters. The number of ether oxygens (including phenoxy) is 3. The van der Waals surface area contributed by atoms with E-state index < -0.39 is 11.7 Å². The molecular weight excluding hydrogens is 396 g/mol. The highest BCUT2D eigenvalue weighted by molar-refractivity contribution is 6.08. The summed E-state index contributed by atoms with van der Waals surface area (Å²) in [6.07, 6.45) is 2.83. The number of hydrogen-bond acceptors (Lipinski definition) is 5. The van der Waals surface area contributed by atoms with Crippen molar-refractivity contribution in [1.29, 1.82) is 0 Å². The van der Waals surface area contributed by atoms with Gasteiger partial charge in [-0.2, -0.15) is 0 Å². The first-order valence-electron chi connectivity index (χ1n) is 10.0. The molecule has 1 aliphatic rings. The maximum atomic E-state index is 13.0. The van der Waals surface area contributed by atoms with E-state index in [9.17, 15) is 9.59 Å². The highest BCUT2D eigenvalue weighted by Crippen LogP contribution is 2.37. The smallest absolute Gasteiger partial charge is 0.414 e. The Morgan fingerprint density at radius 3 is 2.10 bits per heavy atom. The van der Waals surface area contributed by atoms with Crippen molar-refractivity contribution in [3.63, 3.8) is 0 Å². The molecule has 1 aliphatic heterocycles. The Hall–Kier alpha value is -3.48. The third-order valence-electron chi connectivity index (χ3n) is 4.73. The number of nitrogens with zero attached hydrogens (tertiary/aromatic N) is 2. The minimum absolute atomic E-state index is 0.186. The van der Waals surface area contributed by atoms with Gasteiger partial charge in [0, 0.05) is 25.2 Å². The van der Waals surface area contributed by atoms with Crippen molar-refractivity contribution in [2.24, 2.45) is 0 Å². The molecule has 0 aromatic heterocycles. The molecular formula is C24H28N2O5. The van der Waals surface area contributed by atoms with Crippen molar-refractivity contribution >= 4 is 29.5 Å². The van der Waals surface area contributed by atoms with Crippen LogP contribution in [-0.4, -0.2) is 44.9 Å². The first-order chi connectivity index (χ1) is 14.7. The Bertz CT molecular complexity index is 976. The molecule has 1 heterocycles. The number of hydrogen-bond donors (Lipinski definition) is 0. The zero-order valence-corrected chi connectivity index (χ0v) is 18.5. The maximum Gasteiger partial charge on any atom is 0.414 e. The van der Waals surface area contributed by atoms with Crippen LogP contribution >= 0.6 is 0 Å². The van der Waals surface area contributed by atoms with Crippen LogP contribution in [0.2, 0.25) is 0 Å². The lowest BCUT2D eigenvalue weighted by Crippen LogP contribution is -2.47. The van der Waals surface area contributed by atoms with Crippen LogP contribution in [0.3, 0.4) is 0 Å². The fourth-order valence-electron chi connectivity index (χ4n) is 3.22. The molecule has 31 heavy (non-hydrogen) atoms. The lowest BCUT2D eigenvalue weighted by Gasteiger charge is -2.37. The number of carbonyl (C=O) groups is 2. The molecule has 2 aromatic rings. The number of rotatable bonds is 4. The molecule has 0 bridgehead atoms. The van der Waals surface area contributed by atoms with Crippen molar-refractivity contribution < 1.29 is 23.8 Å². The molecule has 2 aromatic carbocycles. The van der Waals surface area contributed by atoms with E-state index in [2.05, 4.69) is 0 Å². The molecule has 164 valence electrons. The van der Waals surface area contributed by atoms with Crippen LogP contribution < -0.4 is 19.3 Å². The normalized spacial score (nSPS) is 13.7. The van der Waals surface area contributed by atoms with Crippen LogP contribution in [0.25, 0.3) is 6.08 Å². The van der Waals surface area contributed by atoms with Gasteiger partial charge in [-0.1, -0.05) is 12.1 Å². The number of carbonyl (C=O) groups excluding carboxylic acids is 2. The minimum Gasteiger partial charge on any atom is -0.497 e. The Labute approximate surface area is 182 Å². The Balaban J connectivity index is 1.86. The average Bonchev–Trinajstić information content (AvgIpc) is 2.75. The Kier molecular flexibility index (Phi) is 6.53. The largest absolute Gasteiger partial charge is 0.497 e. The van der Waals surface area contributed by atoms with E-state index >= 15 is 0 Å². The average molecular weight is 424 g/mol. The standard InChI is InChI=1S/C24H28N2O5/c1-24(2,3)31-23(28)26-15-14-25(21-16-19(30-5)11-12-20(21)26)22(27)13-8-17-6-9-18(29-4)10-7-17/h6-13,16H,14-15H2,1-5H3. The van der Waals surface area contributed by atoms with Crippen molar-refractivity contribution in [2.75, 3.05) is 37.1 Å². The molecule has 3 rings (SSSR count). The summed E-state index contributed by atoms with van der Waals surface area (Å²) in [6.45, 7) is 6.14. The van der Waals surface area contributed by atoms with E-state index in [0.717, 1.165) is 11.3 Å². The third kappa shape index (κ3) is 5.36. The third-order valence-corrected chi connectivity index (χ3v) is 4.73. The molecule has 7 heteroatoms. The summed E-state index contributed by atoms with van der Waals surface area (Å²) < 4.78 is 16.0. The molecule has 0 atom stereocenters. The van der Waals surface area contributed by atoms with Crippen molar-refractivity contribution in [3.05, 3.63) is 54.1 Å². The van der Waals surface area contributed by atoms with E-state index in [1.54, 1.807) is 48.3 Å². The van der Waals surface area contributed by atoms with Crippen molar-refractivity contribution in [2.45, 2.75) is 26.4 Å². The highest BCUT2D eigenvalue weighted by Gasteiger charge is 2.32. The highest BCUT2D eigenvalue weighted by atomic mass is 16.6. The van der Waals surface area contributed by atoms with E-state index in [-0.39, 0.29) is 5.91 Å². The first kappa shape index (κ1) is 22.2. The molecule has 0 N–H and O–H groups in total.